The van der Waals surface area contributed by atoms with Crippen LogP contribution < -0.4 is 10.4 Å². The van der Waals surface area contributed by atoms with Gasteiger partial charge in [0.1, 0.15) is 18.2 Å². The van der Waals surface area contributed by atoms with E-state index in [1.54, 1.807) is 41.0 Å². The van der Waals surface area contributed by atoms with E-state index in [-0.39, 0.29) is 22.9 Å². The molecule has 0 saturated heterocycles. The quantitative estimate of drug-likeness (QED) is 0.274. The number of unbranched alkanes of at least 4 members (excludes halogenated alkanes) is 1. The molecule has 7 nitrogen and oxygen atoms in total. The number of aryl methyl sites for hydroxylation is 1. The van der Waals surface area contributed by atoms with Gasteiger partial charge in [0.2, 0.25) is 0 Å². The van der Waals surface area contributed by atoms with Crippen LogP contribution in [0.25, 0.3) is 5.69 Å². The molecule has 0 saturated carbocycles. The predicted molar refractivity (Wildman–Crippen MR) is 140 cm³/mol. The van der Waals surface area contributed by atoms with E-state index in [1.807, 2.05) is 24.3 Å². The predicted octanol–water partition coefficient (Wildman–Crippen LogP) is 6.01. The number of aromatic nitrogens is 3. The molecule has 0 spiro atoms. The molecule has 0 unspecified atom stereocenters. The highest BCUT2D eigenvalue weighted by Crippen LogP contribution is 2.24. The minimum Gasteiger partial charge on any atom is -0.489 e. The van der Waals surface area contributed by atoms with Gasteiger partial charge in [-0.3, -0.25) is 4.57 Å². The number of hydrogen-bond acceptors (Lipinski definition) is 4. The van der Waals surface area contributed by atoms with Gasteiger partial charge < -0.3 is 9.84 Å². The normalized spacial score (nSPS) is 11.0. The lowest BCUT2D eigenvalue weighted by Gasteiger charge is -2.10. The third kappa shape index (κ3) is 5.64. The van der Waals surface area contributed by atoms with Crippen LogP contribution in [0.15, 0.2) is 71.5 Å². The smallest absolute Gasteiger partial charge is 0.351 e. The molecule has 9 heteroatoms. The van der Waals surface area contributed by atoms with Gasteiger partial charge in [-0.25, -0.2) is 9.59 Å². The summed E-state index contributed by atoms with van der Waals surface area (Å²) in [4.78, 5) is 24.5. The Labute approximate surface area is 218 Å². The second kappa shape index (κ2) is 11.5. The summed E-state index contributed by atoms with van der Waals surface area (Å²) in [5.74, 6) is 0.216. The molecule has 186 valence electrons. The lowest BCUT2D eigenvalue weighted by atomic mass is 10.1. The number of carbonyl (C=O) groups is 1. The summed E-state index contributed by atoms with van der Waals surface area (Å²) < 4.78 is 8.85. The van der Waals surface area contributed by atoms with E-state index in [9.17, 15) is 14.7 Å². The van der Waals surface area contributed by atoms with Gasteiger partial charge in [-0.2, -0.15) is 4.68 Å². The van der Waals surface area contributed by atoms with E-state index in [0.29, 0.717) is 40.8 Å². The van der Waals surface area contributed by atoms with Crippen molar-refractivity contribution in [2.45, 2.75) is 39.3 Å². The van der Waals surface area contributed by atoms with Crippen LogP contribution >= 0.6 is 23.2 Å². The number of hydrogen-bond donors (Lipinski definition) is 1. The number of para-hydroxylation sites is 1. The van der Waals surface area contributed by atoms with Crippen LogP contribution in [0, 0.1) is 0 Å². The lowest BCUT2D eigenvalue weighted by molar-refractivity contribution is 0.0697. The second-order valence-corrected chi connectivity index (χ2v) is 9.05. The summed E-state index contributed by atoms with van der Waals surface area (Å²) in [6, 6.07) is 19.3. The van der Waals surface area contributed by atoms with Crippen LogP contribution in [0.2, 0.25) is 10.0 Å². The third-order valence-corrected chi connectivity index (χ3v) is 6.51. The molecule has 0 fully saturated rings. The fourth-order valence-electron chi connectivity index (χ4n) is 3.79. The van der Waals surface area contributed by atoms with Crippen molar-refractivity contribution in [3.05, 3.63) is 110 Å². The van der Waals surface area contributed by atoms with Crippen molar-refractivity contribution in [3.8, 4) is 11.4 Å². The molecule has 4 aromatic rings. The molecule has 0 radical (unpaired) electrons. The summed E-state index contributed by atoms with van der Waals surface area (Å²) in [6.07, 6.45) is 2.58. The highest BCUT2D eigenvalue weighted by molar-refractivity contribution is 6.34. The van der Waals surface area contributed by atoms with Crippen LogP contribution in [0.5, 0.6) is 5.75 Å². The summed E-state index contributed by atoms with van der Waals surface area (Å²) in [6.45, 7) is 2.58. The minimum absolute atomic E-state index is 0.0368. The van der Waals surface area contributed by atoms with Crippen molar-refractivity contribution in [1.82, 2.24) is 14.3 Å². The summed E-state index contributed by atoms with van der Waals surface area (Å²) in [7, 11) is 0. The maximum atomic E-state index is 13.3. The molecule has 0 amide bonds. The molecular weight excluding hydrogens is 501 g/mol. The number of benzene rings is 3. The Morgan fingerprint density at radius 2 is 1.78 bits per heavy atom. The van der Waals surface area contributed by atoms with Crippen molar-refractivity contribution < 1.29 is 14.6 Å². The van der Waals surface area contributed by atoms with Gasteiger partial charge >= 0.3 is 11.7 Å². The molecule has 0 aliphatic heterocycles. The fraction of sp³-hybridized carbons (Fsp3) is 0.222. The molecule has 3 aromatic carbocycles. The Bertz CT molecular complexity index is 1430. The monoisotopic (exact) mass is 525 g/mol. The first-order chi connectivity index (χ1) is 17.4. The van der Waals surface area contributed by atoms with Crippen molar-refractivity contribution in [3.63, 3.8) is 0 Å². The average molecular weight is 526 g/mol. The van der Waals surface area contributed by atoms with Gasteiger partial charge in [-0.1, -0.05) is 72.9 Å². The van der Waals surface area contributed by atoms with Crippen LogP contribution in [-0.4, -0.2) is 25.4 Å². The van der Waals surface area contributed by atoms with Gasteiger partial charge in [0.15, 0.2) is 0 Å². The topological polar surface area (TPSA) is 86.4 Å². The Morgan fingerprint density at radius 1 is 1.03 bits per heavy atom. The van der Waals surface area contributed by atoms with Crippen LogP contribution in [0.1, 0.15) is 47.1 Å². The molecule has 0 aliphatic rings. The highest BCUT2D eigenvalue weighted by Gasteiger charge is 2.17. The molecule has 1 heterocycles. The standard InChI is InChI=1S/C27H25Cl2N3O4/c1-2-3-11-24-30-32(23-10-5-4-9-22(23)28)27(35)31(24)16-18-12-14-20(15-13-18)36-17-19-7-6-8-21(25(19)29)26(33)34/h4-10,12-15H,2-3,11,16-17H2,1H3,(H,33,34). The highest BCUT2D eigenvalue weighted by atomic mass is 35.5. The maximum absolute atomic E-state index is 13.3. The lowest BCUT2D eigenvalue weighted by Crippen LogP contribution is -2.25. The first kappa shape index (κ1) is 25.5. The summed E-state index contributed by atoms with van der Waals surface area (Å²) in [5, 5.41) is 14.4. The Kier molecular flexibility index (Phi) is 8.13. The van der Waals surface area contributed by atoms with Crippen molar-refractivity contribution >= 4 is 29.2 Å². The van der Waals surface area contributed by atoms with Crippen molar-refractivity contribution in [1.29, 1.82) is 0 Å². The van der Waals surface area contributed by atoms with E-state index >= 15 is 0 Å². The van der Waals surface area contributed by atoms with Gasteiger partial charge in [0, 0.05) is 12.0 Å². The number of aromatic carboxylic acids is 1. The SMILES string of the molecule is CCCCc1nn(-c2ccccc2Cl)c(=O)n1Cc1ccc(OCc2cccc(C(=O)O)c2Cl)cc1. The van der Waals surface area contributed by atoms with Gasteiger partial charge in [0.25, 0.3) is 0 Å². The van der Waals surface area contributed by atoms with E-state index in [2.05, 4.69) is 12.0 Å². The first-order valence-electron chi connectivity index (χ1n) is 11.5. The van der Waals surface area contributed by atoms with Gasteiger partial charge in [-0.05, 0) is 42.3 Å². The molecule has 4 rings (SSSR count). The van der Waals surface area contributed by atoms with Crippen molar-refractivity contribution in [2.75, 3.05) is 0 Å². The molecule has 1 N–H and O–H groups in total. The van der Waals surface area contributed by atoms with Crippen LogP contribution in [-0.2, 0) is 19.6 Å². The minimum atomic E-state index is -1.09. The number of rotatable bonds is 10. The molecule has 0 atom stereocenters. The maximum Gasteiger partial charge on any atom is 0.351 e. The number of carboxylic acids is 1. The largest absolute Gasteiger partial charge is 0.489 e. The zero-order valence-electron chi connectivity index (χ0n) is 19.7. The average Bonchev–Trinajstić information content (AvgIpc) is 3.17. The van der Waals surface area contributed by atoms with E-state index in [1.165, 1.54) is 10.7 Å². The Balaban J connectivity index is 1.53. The zero-order valence-corrected chi connectivity index (χ0v) is 21.2. The first-order valence-corrected chi connectivity index (χ1v) is 12.3. The number of nitrogens with zero attached hydrogens (tertiary/aromatic N) is 3. The fourth-order valence-corrected chi connectivity index (χ4v) is 4.26. The second-order valence-electron chi connectivity index (χ2n) is 8.27. The molecule has 0 bridgehead atoms. The third-order valence-electron chi connectivity index (χ3n) is 5.74. The van der Waals surface area contributed by atoms with Crippen LogP contribution in [0.4, 0.5) is 0 Å². The van der Waals surface area contributed by atoms with E-state index < -0.39 is 5.97 Å². The van der Waals surface area contributed by atoms with E-state index in [0.717, 1.165) is 18.4 Å². The zero-order chi connectivity index (χ0) is 25.7. The number of ether oxygens (including phenoxy) is 1. The summed E-state index contributed by atoms with van der Waals surface area (Å²) >= 11 is 12.5. The molecule has 1 aromatic heterocycles. The molecular formula is C27H25Cl2N3O4. The van der Waals surface area contributed by atoms with Gasteiger partial charge in [0.05, 0.1) is 27.8 Å². The van der Waals surface area contributed by atoms with Crippen molar-refractivity contribution in [2.24, 2.45) is 0 Å². The number of halogens is 2. The molecule has 36 heavy (non-hydrogen) atoms. The molecule has 0 aliphatic carbocycles. The van der Waals surface area contributed by atoms with Gasteiger partial charge in [-0.15, -0.1) is 5.10 Å². The van der Waals surface area contributed by atoms with E-state index in [4.69, 9.17) is 27.9 Å². The Hall–Kier alpha value is -3.55. The Morgan fingerprint density at radius 3 is 2.47 bits per heavy atom. The summed E-state index contributed by atoms with van der Waals surface area (Å²) in [5.41, 5.74) is 1.83. The number of carboxylic acid groups (broad SMARTS) is 1. The van der Waals surface area contributed by atoms with Crippen LogP contribution in [0.3, 0.4) is 0 Å².